The zero-order chi connectivity index (χ0) is 15.7. The maximum absolute atomic E-state index is 12.2. The summed E-state index contributed by atoms with van der Waals surface area (Å²) in [6.45, 7) is 0. The molecule has 2 aromatic rings. The lowest BCUT2D eigenvalue weighted by molar-refractivity contribution is 0.0589. The van der Waals surface area contributed by atoms with Crippen molar-refractivity contribution in [3.8, 4) is 11.4 Å². The molecule has 1 aliphatic carbocycles. The molecule has 22 heavy (non-hydrogen) atoms. The summed E-state index contributed by atoms with van der Waals surface area (Å²) >= 11 is 0. The summed E-state index contributed by atoms with van der Waals surface area (Å²) in [5.41, 5.74) is 2.04. The van der Waals surface area contributed by atoms with Crippen LogP contribution in [0.2, 0.25) is 0 Å². The largest absolute Gasteiger partial charge is 0.497 e. The van der Waals surface area contributed by atoms with Crippen molar-refractivity contribution in [3.05, 3.63) is 41.2 Å². The molecule has 0 saturated carbocycles. The molecule has 6 heteroatoms. The molecule has 0 aliphatic heterocycles. The Morgan fingerprint density at radius 1 is 1.18 bits per heavy atom. The first kappa shape index (κ1) is 14.3. The highest BCUT2D eigenvalue weighted by atomic mass is 16.5. The van der Waals surface area contributed by atoms with Gasteiger partial charge < -0.3 is 9.47 Å². The van der Waals surface area contributed by atoms with Gasteiger partial charge in [-0.1, -0.05) is 0 Å². The number of carbonyl (C=O) groups is 2. The molecule has 0 N–H and O–H groups in total. The van der Waals surface area contributed by atoms with E-state index in [4.69, 9.17) is 9.47 Å². The van der Waals surface area contributed by atoms with Crippen molar-refractivity contribution in [1.82, 2.24) is 9.78 Å². The van der Waals surface area contributed by atoms with Crippen molar-refractivity contribution >= 4 is 11.8 Å². The highest BCUT2D eigenvalue weighted by Crippen LogP contribution is 2.28. The fourth-order valence-electron chi connectivity index (χ4n) is 2.69. The number of benzene rings is 1. The molecule has 0 spiro atoms. The summed E-state index contributed by atoms with van der Waals surface area (Å²) in [5.74, 6) is 0.0919. The lowest BCUT2D eigenvalue weighted by atomic mass is 9.94. The van der Waals surface area contributed by atoms with Crippen LogP contribution in [-0.4, -0.2) is 35.8 Å². The molecule has 0 amide bonds. The van der Waals surface area contributed by atoms with Crippen molar-refractivity contribution < 1.29 is 19.1 Å². The van der Waals surface area contributed by atoms with Gasteiger partial charge in [0, 0.05) is 6.42 Å². The molecule has 0 radical (unpaired) electrons. The van der Waals surface area contributed by atoms with E-state index >= 15 is 0 Å². The molecule has 0 atom stereocenters. The maximum Gasteiger partial charge on any atom is 0.359 e. The number of esters is 1. The van der Waals surface area contributed by atoms with Crippen molar-refractivity contribution in [3.63, 3.8) is 0 Å². The third kappa shape index (κ3) is 2.26. The lowest BCUT2D eigenvalue weighted by Crippen LogP contribution is -2.15. The molecule has 1 aromatic heterocycles. The molecule has 0 fully saturated rings. The van der Waals surface area contributed by atoms with Crippen LogP contribution in [0.4, 0.5) is 0 Å². The lowest BCUT2D eigenvalue weighted by Gasteiger charge is -2.13. The zero-order valence-corrected chi connectivity index (χ0v) is 12.5. The quantitative estimate of drug-likeness (QED) is 0.813. The number of methoxy groups -OCH3 is 2. The second kappa shape index (κ2) is 5.63. The number of ether oxygens (including phenoxy) is 2. The monoisotopic (exact) mass is 300 g/mol. The molecule has 3 rings (SSSR count). The molecule has 0 saturated heterocycles. The van der Waals surface area contributed by atoms with E-state index in [1.165, 1.54) is 7.11 Å². The Kier molecular flexibility index (Phi) is 3.66. The van der Waals surface area contributed by atoms with E-state index in [-0.39, 0.29) is 11.5 Å². The Labute approximate surface area is 127 Å². The van der Waals surface area contributed by atoms with E-state index in [9.17, 15) is 9.59 Å². The van der Waals surface area contributed by atoms with E-state index in [0.717, 1.165) is 23.6 Å². The van der Waals surface area contributed by atoms with Crippen LogP contribution in [0, 0.1) is 0 Å². The van der Waals surface area contributed by atoms with Crippen LogP contribution in [0.3, 0.4) is 0 Å². The molecule has 6 nitrogen and oxygen atoms in total. The Morgan fingerprint density at radius 3 is 2.55 bits per heavy atom. The Morgan fingerprint density at radius 2 is 1.91 bits per heavy atom. The summed E-state index contributed by atoms with van der Waals surface area (Å²) in [6.07, 6.45) is 1.90. The SMILES string of the molecule is COC(=O)c1nn(-c2ccc(OC)cc2)c2c1C(=O)CCC2. The van der Waals surface area contributed by atoms with Gasteiger partial charge in [0.1, 0.15) is 5.75 Å². The van der Waals surface area contributed by atoms with Gasteiger partial charge >= 0.3 is 5.97 Å². The Bertz CT molecular complexity index is 731. The molecule has 0 bridgehead atoms. The molecular formula is C16H16N2O4. The smallest absolute Gasteiger partial charge is 0.359 e. The van der Waals surface area contributed by atoms with E-state index in [2.05, 4.69) is 5.10 Å². The first-order chi connectivity index (χ1) is 10.7. The number of fused-ring (bicyclic) bond motifs is 1. The van der Waals surface area contributed by atoms with Gasteiger partial charge in [0.25, 0.3) is 0 Å². The van der Waals surface area contributed by atoms with Gasteiger partial charge in [-0.2, -0.15) is 5.10 Å². The van der Waals surface area contributed by atoms with Crippen LogP contribution in [-0.2, 0) is 11.2 Å². The molecule has 0 unspecified atom stereocenters. The van der Waals surface area contributed by atoms with E-state index in [1.807, 2.05) is 24.3 Å². The number of hydrogen-bond acceptors (Lipinski definition) is 5. The van der Waals surface area contributed by atoms with E-state index < -0.39 is 5.97 Å². The molecular weight excluding hydrogens is 284 g/mol. The molecule has 1 aromatic carbocycles. The third-order valence-electron chi connectivity index (χ3n) is 3.77. The standard InChI is InChI=1S/C16H16N2O4/c1-21-11-8-6-10(7-9-11)18-12-4-3-5-13(19)14(12)15(17-18)16(20)22-2/h6-9H,3-5H2,1-2H3. The second-order valence-electron chi connectivity index (χ2n) is 5.05. The number of hydrogen-bond donors (Lipinski definition) is 0. The van der Waals surface area contributed by atoms with Crippen LogP contribution in [0.25, 0.3) is 5.69 Å². The van der Waals surface area contributed by atoms with Crippen LogP contribution in [0.5, 0.6) is 5.75 Å². The van der Waals surface area contributed by atoms with Gasteiger partial charge in [0.15, 0.2) is 11.5 Å². The van der Waals surface area contributed by atoms with Crippen LogP contribution in [0.1, 0.15) is 39.4 Å². The van der Waals surface area contributed by atoms with Crippen LogP contribution < -0.4 is 4.74 Å². The normalized spacial score (nSPS) is 13.6. The highest BCUT2D eigenvalue weighted by molar-refractivity contribution is 6.07. The minimum atomic E-state index is -0.584. The van der Waals surface area contributed by atoms with Gasteiger partial charge in [-0.3, -0.25) is 4.79 Å². The molecule has 1 aliphatic rings. The number of aromatic nitrogens is 2. The average molecular weight is 300 g/mol. The van der Waals surface area contributed by atoms with Crippen LogP contribution >= 0.6 is 0 Å². The fraction of sp³-hybridized carbons (Fsp3) is 0.312. The fourth-order valence-corrected chi connectivity index (χ4v) is 2.69. The van der Waals surface area contributed by atoms with Crippen LogP contribution in [0.15, 0.2) is 24.3 Å². The Hall–Kier alpha value is -2.63. The minimum absolute atomic E-state index is 0.0542. The molecule has 1 heterocycles. The van der Waals surface area contributed by atoms with E-state index in [0.29, 0.717) is 18.4 Å². The zero-order valence-electron chi connectivity index (χ0n) is 12.5. The predicted octanol–water partition coefficient (Wildman–Crippen LogP) is 2.19. The van der Waals surface area contributed by atoms with Gasteiger partial charge in [-0.15, -0.1) is 0 Å². The summed E-state index contributed by atoms with van der Waals surface area (Å²) < 4.78 is 11.5. The summed E-state index contributed by atoms with van der Waals surface area (Å²) in [6, 6.07) is 7.30. The van der Waals surface area contributed by atoms with Gasteiger partial charge in [0.2, 0.25) is 0 Å². The first-order valence-electron chi connectivity index (χ1n) is 7.03. The van der Waals surface area contributed by atoms with Crippen molar-refractivity contribution in [2.75, 3.05) is 14.2 Å². The first-order valence-corrected chi connectivity index (χ1v) is 7.03. The van der Waals surface area contributed by atoms with Crippen molar-refractivity contribution in [2.45, 2.75) is 19.3 Å². The number of ketones is 1. The number of carbonyl (C=O) groups excluding carboxylic acids is 2. The third-order valence-corrected chi connectivity index (χ3v) is 3.77. The molecule has 114 valence electrons. The highest BCUT2D eigenvalue weighted by Gasteiger charge is 2.31. The summed E-state index contributed by atoms with van der Waals surface area (Å²) in [5, 5.41) is 4.32. The van der Waals surface area contributed by atoms with Gasteiger partial charge in [-0.25, -0.2) is 9.48 Å². The van der Waals surface area contributed by atoms with Crippen molar-refractivity contribution in [1.29, 1.82) is 0 Å². The number of rotatable bonds is 3. The average Bonchev–Trinajstić information content (AvgIpc) is 2.95. The Balaban J connectivity index is 2.15. The summed E-state index contributed by atoms with van der Waals surface area (Å²) in [4.78, 5) is 24.1. The summed E-state index contributed by atoms with van der Waals surface area (Å²) in [7, 11) is 2.88. The van der Waals surface area contributed by atoms with E-state index in [1.54, 1.807) is 11.8 Å². The van der Waals surface area contributed by atoms with Crippen molar-refractivity contribution in [2.24, 2.45) is 0 Å². The minimum Gasteiger partial charge on any atom is -0.497 e. The number of Topliss-reactive ketones (excluding diaryl/α,β-unsaturated/α-hetero) is 1. The van der Waals surface area contributed by atoms with Gasteiger partial charge in [-0.05, 0) is 37.1 Å². The second-order valence-corrected chi connectivity index (χ2v) is 5.05. The maximum atomic E-state index is 12.2. The predicted molar refractivity (Wildman–Crippen MR) is 78.7 cm³/mol. The van der Waals surface area contributed by atoms with Gasteiger partial charge in [0.05, 0.1) is 31.2 Å². The number of nitrogens with zero attached hydrogens (tertiary/aromatic N) is 2. The topological polar surface area (TPSA) is 70.4 Å².